The molecule has 0 spiro atoms. The van der Waals surface area contributed by atoms with Gasteiger partial charge in [0.05, 0.1) is 30.3 Å². The minimum Gasteiger partial charge on any atom is -0.391 e. The second-order valence-corrected chi connectivity index (χ2v) is 16.0. The number of carbonyl (C=O) groups is 1. The molecule has 1 aromatic carbocycles. The summed E-state index contributed by atoms with van der Waals surface area (Å²) in [5.41, 5.74) is 2.49. The number of carbonyl (C=O) groups excluding carboxylic acids is 1. The van der Waals surface area contributed by atoms with Crippen LogP contribution in [0.4, 0.5) is 10.2 Å². The summed E-state index contributed by atoms with van der Waals surface area (Å²) in [6, 6.07) is 9.02. The van der Waals surface area contributed by atoms with E-state index in [2.05, 4.69) is 29.8 Å². The lowest BCUT2D eigenvalue weighted by Crippen LogP contribution is -2.29. The highest BCUT2D eigenvalue weighted by Crippen LogP contribution is 2.35. The Morgan fingerprint density at radius 2 is 2.08 bits per heavy atom. The van der Waals surface area contributed by atoms with Crippen LogP contribution in [0.15, 0.2) is 36.7 Å². The first-order valence-electron chi connectivity index (χ1n) is 12.3. The van der Waals surface area contributed by atoms with Crippen molar-refractivity contribution in [1.82, 2.24) is 20.0 Å². The number of rotatable bonds is 10. The van der Waals surface area contributed by atoms with Crippen LogP contribution in [0.5, 0.6) is 0 Å². The van der Waals surface area contributed by atoms with E-state index in [1.807, 2.05) is 6.07 Å². The van der Waals surface area contributed by atoms with Crippen molar-refractivity contribution in [1.29, 1.82) is 5.26 Å². The number of anilines is 1. The molecule has 3 heterocycles. The number of halogens is 1. The van der Waals surface area contributed by atoms with Gasteiger partial charge in [0.25, 0.3) is 0 Å². The number of aliphatic hydroxyl groups is 1. The summed E-state index contributed by atoms with van der Waals surface area (Å²) < 4.78 is 21.7. The van der Waals surface area contributed by atoms with Gasteiger partial charge >= 0.3 is 0 Å². The number of aliphatic hydroxyl groups excluding tert-OH is 1. The minimum atomic E-state index is -1.27. The monoisotopic (exact) mass is 522 g/mol. The maximum atomic E-state index is 14.1. The van der Waals surface area contributed by atoms with Gasteiger partial charge in [-0.15, -0.1) is 0 Å². The second kappa shape index (κ2) is 11.3. The molecule has 3 aromatic rings. The average Bonchev–Trinajstić information content (AvgIpc) is 3.41. The van der Waals surface area contributed by atoms with Gasteiger partial charge in [0.1, 0.15) is 18.6 Å². The fraction of sp³-hybridized carbons (Fsp3) is 0.423. The number of benzene rings is 1. The van der Waals surface area contributed by atoms with Crippen LogP contribution < -0.4 is 4.90 Å². The Balaban J connectivity index is 1.59. The van der Waals surface area contributed by atoms with Crippen LogP contribution in [0.3, 0.4) is 0 Å². The van der Waals surface area contributed by atoms with E-state index < -0.39 is 13.9 Å². The number of nitriles is 1. The Hall–Kier alpha value is -3.46. The smallest absolute Gasteiger partial charge is 0.231 e. The van der Waals surface area contributed by atoms with Gasteiger partial charge in [-0.05, 0) is 42.6 Å². The van der Waals surface area contributed by atoms with Crippen LogP contribution in [0.1, 0.15) is 23.1 Å². The van der Waals surface area contributed by atoms with E-state index in [0.717, 1.165) is 6.04 Å². The number of ether oxygens (including phenoxy) is 1. The third-order valence-corrected chi connectivity index (χ3v) is 8.17. The second-order valence-electron chi connectivity index (χ2n) is 10.4. The molecule has 1 aliphatic rings. The fourth-order valence-corrected chi connectivity index (χ4v) is 5.18. The van der Waals surface area contributed by atoms with Gasteiger partial charge in [-0.1, -0.05) is 25.7 Å². The highest BCUT2D eigenvalue weighted by Gasteiger charge is 2.36. The van der Waals surface area contributed by atoms with Crippen molar-refractivity contribution in [2.75, 3.05) is 18.1 Å². The van der Waals surface area contributed by atoms with E-state index >= 15 is 0 Å². The molecule has 1 fully saturated rings. The van der Waals surface area contributed by atoms with Gasteiger partial charge in [0.2, 0.25) is 5.91 Å². The summed E-state index contributed by atoms with van der Waals surface area (Å²) >= 11 is 0. The number of amides is 1. The normalized spacial score (nSPS) is 15.8. The quantitative estimate of drug-likeness (QED) is 0.318. The molecule has 1 N–H and O–H groups in total. The van der Waals surface area contributed by atoms with E-state index in [1.165, 1.54) is 12.1 Å². The molecule has 9 nitrogen and oxygen atoms in total. The van der Waals surface area contributed by atoms with Gasteiger partial charge in [-0.25, -0.2) is 9.07 Å². The van der Waals surface area contributed by atoms with Crippen molar-refractivity contribution in [3.8, 4) is 17.3 Å². The molecule has 4 rings (SSSR count). The molecule has 37 heavy (non-hydrogen) atoms. The maximum absolute atomic E-state index is 14.1. The first kappa shape index (κ1) is 26.6. The largest absolute Gasteiger partial charge is 0.391 e. The molecule has 1 atom stereocenters. The van der Waals surface area contributed by atoms with Crippen LogP contribution in [-0.4, -0.2) is 52.2 Å². The van der Waals surface area contributed by atoms with Crippen LogP contribution in [-0.2, 0) is 29.3 Å². The van der Waals surface area contributed by atoms with Gasteiger partial charge in [0, 0.05) is 38.3 Å². The lowest BCUT2D eigenvalue weighted by atomic mass is 9.97. The van der Waals surface area contributed by atoms with Crippen LogP contribution in [0.25, 0.3) is 11.3 Å². The van der Waals surface area contributed by atoms with E-state index in [0.29, 0.717) is 54.2 Å². The van der Waals surface area contributed by atoms with Gasteiger partial charge in [0.15, 0.2) is 5.82 Å². The topological polar surface area (TPSA) is 117 Å². The Bertz CT molecular complexity index is 1300. The molecule has 11 heteroatoms. The van der Waals surface area contributed by atoms with Crippen LogP contribution >= 0.6 is 0 Å². The maximum Gasteiger partial charge on any atom is 0.231 e. The molecule has 194 valence electrons. The van der Waals surface area contributed by atoms with Crippen LogP contribution in [0, 0.1) is 23.1 Å². The Morgan fingerprint density at radius 3 is 2.73 bits per heavy atom. The fourth-order valence-electron chi connectivity index (χ4n) is 4.43. The zero-order chi connectivity index (χ0) is 26.6. The Morgan fingerprint density at radius 1 is 1.27 bits per heavy atom. The molecular formula is C26H31FN6O3Si. The summed E-state index contributed by atoms with van der Waals surface area (Å²) in [6.07, 6.45) is 4.07. The molecule has 0 aliphatic carbocycles. The molecule has 1 unspecified atom stereocenters. The summed E-state index contributed by atoms with van der Waals surface area (Å²) in [5.74, 6) is -0.693. The Kier molecular flexibility index (Phi) is 8.12. The Labute approximate surface area is 216 Å². The molecule has 0 bridgehead atoms. The SMILES string of the molecule is C[Si](C)(C)CCOCn1nc(N2CCC(Cc3ccc(C#N)c(F)c3)C2=O)c(CO)c1-c1ccnnc1. The van der Waals surface area contributed by atoms with E-state index in [-0.39, 0.29) is 30.7 Å². The van der Waals surface area contributed by atoms with Crippen LogP contribution in [0.2, 0.25) is 25.7 Å². The third kappa shape index (κ3) is 6.10. The minimum absolute atomic E-state index is 0.0218. The summed E-state index contributed by atoms with van der Waals surface area (Å²) in [4.78, 5) is 15.0. The number of aromatic nitrogens is 4. The first-order valence-corrected chi connectivity index (χ1v) is 16.0. The molecule has 1 amide bonds. The lowest BCUT2D eigenvalue weighted by Gasteiger charge is -2.16. The summed E-state index contributed by atoms with van der Waals surface area (Å²) in [5, 5.41) is 31.8. The molecule has 0 saturated carbocycles. The molecule has 0 radical (unpaired) electrons. The van der Waals surface area contributed by atoms with Gasteiger partial charge in [-0.2, -0.15) is 20.6 Å². The number of hydrogen-bond donors (Lipinski definition) is 1. The van der Waals surface area contributed by atoms with E-state index in [9.17, 15) is 14.3 Å². The van der Waals surface area contributed by atoms with E-state index in [4.69, 9.17) is 15.1 Å². The van der Waals surface area contributed by atoms with E-state index in [1.54, 1.807) is 34.1 Å². The highest BCUT2D eigenvalue weighted by molar-refractivity contribution is 6.76. The zero-order valence-electron chi connectivity index (χ0n) is 21.3. The van der Waals surface area contributed by atoms with Gasteiger partial charge < -0.3 is 9.84 Å². The predicted molar refractivity (Wildman–Crippen MR) is 139 cm³/mol. The van der Waals surface area contributed by atoms with Crippen molar-refractivity contribution in [2.45, 2.75) is 51.9 Å². The zero-order valence-corrected chi connectivity index (χ0v) is 22.3. The van der Waals surface area contributed by atoms with Crippen molar-refractivity contribution in [3.63, 3.8) is 0 Å². The number of nitrogens with zero attached hydrogens (tertiary/aromatic N) is 6. The molecule has 2 aromatic heterocycles. The van der Waals surface area contributed by atoms with Gasteiger partial charge in [-0.3, -0.25) is 9.69 Å². The summed E-state index contributed by atoms with van der Waals surface area (Å²) in [7, 11) is -1.27. The van der Waals surface area contributed by atoms with Crippen molar-refractivity contribution in [3.05, 3.63) is 59.2 Å². The third-order valence-electron chi connectivity index (χ3n) is 6.46. The molecule has 1 saturated heterocycles. The average molecular weight is 523 g/mol. The molecular weight excluding hydrogens is 491 g/mol. The summed E-state index contributed by atoms with van der Waals surface area (Å²) in [6.45, 7) is 7.71. The predicted octanol–water partition coefficient (Wildman–Crippen LogP) is 3.75. The lowest BCUT2D eigenvalue weighted by molar-refractivity contribution is -0.120. The van der Waals surface area contributed by atoms with Crippen molar-refractivity contribution in [2.24, 2.45) is 5.92 Å². The highest BCUT2D eigenvalue weighted by atomic mass is 28.3. The standard InChI is InChI=1S/C26H31FN6O3Si/c1-37(2,3)11-10-36-17-33-24(21-6-8-29-30-15-21)22(16-34)25(31-33)32-9-7-19(26(32)35)12-18-4-5-20(14-28)23(27)13-18/h4-6,8,13,15,19,34H,7,9-12,16-17H2,1-3H3. The molecule has 1 aliphatic heterocycles. The first-order chi connectivity index (χ1) is 17.7. The van der Waals surface area contributed by atoms with Crippen molar-refractivity contribution >= 4 is 19.8 Å². The number of hydrogen-bond acceptors (Lipinski definition) is 7. The van der Waals surface area contributed by atoms with Crippen molar-refractivity contribution < 1.29 is 19.0 Å².